The van der Waals surface area contributed by atoms with Crippen molar-refractivity contribution in [1.29, 1.82) is 0 Å². The van der Waals surface area contributed by atoms with E-state index in [1.54, 1.807) is 37.3 Å². The number of rotatable bonds is 12. The van der Waals surface area contributed by atoms with E-state index in [1.165, 1.54) is 35.2 Å². The van der Waals surface area contributed by atoms with Gasteiger partial charge in [0, 0.05) is 28.7 Å². The van der Waals surface area contributed by atoms with E-state index in [0.29, 0.717) is 22.2 Å². The lowest BCUT2D eigenvalue weighted by molar-refractivity contribution is -0.139. The number of anilines is 1. The Morgan fingerprint density at radius 2 is 1.54 bits per heavy atom. The van der Waals surface area contributed by atoms with E-state index in [2.05, 4.69) is 5.32 Å². The largest absolute Gasteiger partial charge is 0.354 e. The summed E-state index contributed by atoms with van der Waals surface area (Å²) in [5, 5.41) is 3.79. The summed E-state index contributed by atoms with van der Waals surface area (Å²) in [6.45, 7) is 5.08. The second kappa shape index (κ2) is 14.6. The Morgan fingerprint density at radius 3 is 2.12 bits per heavy atom. The van der Waals surface area contributed by atoms with Crippen LogP contribution in [0.2, 0.25) is 20.1 Å². The van der Waals surface area contributed by atoms with Crippen LogP contribution in [0, 0.1) is 6.92 Å². The Balaban J connectivity index is 2.06. The molecule has 0 bridgehead atoms. The van der Waals surface area contributed by atoms with Crippen LogP contribution in [0.1, 0.15) is 37.8 Å². The summed E-state index contributed by atoms with van der Waals surface area (Å²) in [5.41, 5.74) is 1.43. The van der Waals surface area contributed by atoms with Crippen molar-refractivity contribution in [3.63, 3.8) is 0 Å². The summed E-state index contributed by atoms with van der Waals surface area (Å²) in [6.07, 6.45) is 1.64. The minimum Gasteiger partial charge on any atom is -0.354 e. The number of carbonyl (C=O) groups excluding carboxylic acids is 2. The van der Waals surface area contributed by atoms with Gasteiger partial charge >= 0.3 is 0 Å². The molecule has 12 heteroatoms. The molecule has 0 radical (unpaired) electrons. The first kappa shape index (κ1) is 33.0. The molecule has 0 fully saturated rings. The molecule has 7 nitrogen and oxygen atoms in total. The number of sulfonamides is 1. The Morgan fingerprint density at radius 1 is 0.902 bits per heavy atom. The molecule has 0 saturated carbocycles. The molecule has 2 amide bonds. The van der Waals surface area contributed by atoms with Gasteiger partial charge < -0.3 is 10.2 Å². The van der Waals surface area contributed by atoms with E-state index < -0.39 is 34.4 Å². The molecule has 0 aliphatic rings. The molecule has 1 unspecified atom stereocenters. The van der Waals surface area contributed by atoms with E-state index in [1.807, 2.05) is 13.8 Å². The molecule has 41 heavy (non-hydrogen) atoms. The molecule has 3 rings (SSSR count). The fourth-order valence-corrected chi connectivity index (χ4v) is 6.19. The minimum atomic E-state index is -4.25. The summed E-state index contributed by atoms with van der Waals surface area (Å²) in [6, 6.07) is 14.5. The number of halogens is 4. The summed E-state index contributed by atoms with van der Waals surface area (Å²) in [7, 11) is -4.25. The molecule has 3 aromatic carbocycles. The quantitative estimate of drug-likeness (QED) is 0.210. The summed E-state index contributed by atoms with van der Waals surface area (Å²) in [5.74, 6) is -1.04. The number of nitrogens with one attached hydrogen (secondary N) is 1. The smallest absolute Gasteiger partial charge is 0.264 e. The molecule has 3 aromatic rings. The minimum absolute atomic E-state index is 0.0203. The van der Waals surface area contributed by atoms with Gasteiger partial charge in [-0.1, -0.05) is 83.5 Å². The maximum Gasteiger partial charge on any atom is 0.264 e. The molecule has 0 saturated heterocycles. The van der Waals surface area contributed by atoms with Crippen LogP contribution in [-0.4, -0.2) is 44.3 Å². The Hall–Kier alpha value is -2.49. The van der Waals surface area contributed by atoms with Gasteiger partial charge in [0.15, 0.2) is 0 Å². The highest BCUT2D eigenvalue weighted by Crippen LogP contribution is 2.32. The van der Waals surface area contributed by atoms with Crippen LogP contribution < -0.4 is 9.62 Å². The summed E-state index contributed by atoms with van der Waals surface area (Å²) in [4.78, 5) is 28.3. The van der Waals surface area contributed by atoms with E-state index in [-0.39, 0.29) is 27.2 Å². The topological polar surface area (TPSA) is 86.8 Å². The first-order valence-electron chi connectivity index (χ1n) is 12.9. The Kier molecular flexibility index (Phi) is 11.8. The maximum atomic E-state index is 14.0. The van der Waals surface area contributed by atoms with Crippen LogP contribution in [0.5, 0.6) is 0 Å². The maximum absolute atomic E-state index is 14.0. The van der Waals surface area contributed by atoms with Gasteiger partial charge in [-0.3, -0.25) is 13.9 Å². The number of hydrogen-bond donors (Lipinski definition) is 1. The van der Waals surface area contributed by atoms with Crippen LogP contribution in [0.25, 0.3) is 0 Å². The molecule has 1 N–H and O–H groups in total. The normalized spacial score (nSPS) is 12.1. The second-order valence-corrected chi connectivity index (χ2v) is 13.0. The van der Waals surface area contributed by atoms with Crippen molar-refractivity contribution >= 4 is 73.9 Å². The predicted octanol–water partition coefficient (Wildman–Crippen LogP) is 7.14. The molecule has 0 spiro atoms. The van der Waals surface area contributed by atoms with Crippen LogP contribution >= 0.6 is 46.4 Å². The lowest BCUT2D eigenvalue weighted by atomic mass is 10.1. The SMILES string of the molecule is CCCCNC(=O)C(C)N(Cc1c(Cl)cccc1Cl)C(=O)CN(c1ccc(Cl)c(Cl)c1)S(=O)(=O)c1ccc(C)cc1. The number of benzene rings is 3. The average molecular weight is 659 g/mol. The van der Waals surface area contributed by atoms with Gasteiger partial charge in [0.2, 0.25) is 11.8 Å². The lowest BCUT2D eigenvalue weighted by Crippen LogP contribution is -2.51. The molecule has 1 atom stereocenters. The van der Waals surface area contributed by atoms with E-state index in [4.69, 9.17) is 46.4 Å². The van der Waals surface area contributed by atoms with Crippen molar-refractivity contribution in [2.75, 3.05) is 17.4 Å². The molecular weight excluding hydrogens is 628 g/mol. The monoisotopic (exact) mass is 657 g/mol. The molecular formula is C29H31Cl4N3O4S. The van der Waals surface area contributed by atoms with Crippen molar-refractivity contribution in [3.05, 3.63) is 91.9 Å². The van der Waals surface area contributed by atoms with Crippen LogP contribution in [0.3, 0.4) is 0 Å². The summed E-state index contributed by atoms with van der Waals surface area (Å²) >= 11 is 25.1. The van der Waals surface area contributed by atoms with Gasteiger partial charge in [0.05, 0.1) is 20.6 Å². The van der Waals surface area contributed by atoms with Crippen molar-refractivity contribution in [1.82, 2.24) is 10.2 Å². The van der Waals surface area contributed by atoms with Crippen LogP contribution in [-0.2, 0) is 26.2 Å². The fraction of sp³-hybridized carbons (Fsp3) is 0.310. The van der Waals surface area contributed by atoms with Crippen LogP contribution in [0.15, 0.2) is 65.6 Å². The highest BCUT2D eigenvalue weighted by Gasteiger charge is 2.33. The fourth-order valence-electron chi connectivity index (χ4n) is 3.98. The molecule has 0 heterocycles. The van der Waals surface area contributed by atoms with Crippen molar-refractivity contribution in [2.45, 2.75) is 51.1 Å². The van der Waals surface area contributed by atoms with Gasteiger partial charge in [-0.25, -0.2) is 8.42 Å². The highest BCUT2D eigenvalue weighted by molar-refractivity contribution is 7.92. The average Bonchev–Trinajstić information content (AvgIpc) is 2.93. The second-order valence-electron chi connectivity index (χ2n) is 9.47. The van der Waals surface area contributed by atoms with E-state index in [9.17, 15) is 18.0 Å². The molecule has 0 aliphatic carbocycles. The highest BCUT2D eigenvalue weighted by atomic mass is 35.5. The number of amides is 2. The number of nitrogens with zero attached hydrogens (tertiary/aromatic N) is 2. The van der Waals surface area contributed by atoms with Crippen LogP contribution in [0.4, 0.5) is 5.69 Å². The van der Waals surface area contributed by atoms with Crippen molar-refractivity contribution < 1.29 is 18.0 Å². The number of aryl methyl sites for hydroxylation is 1. The van der Waals surface area contributed by atoms with Gasteiger partial charge in [-0.15, -0.1) is 0 Å². The molecule has 220 valence electrons. The summed E-state index contributed by atoms with van der Waals surface area (Å²) < 4.78 is 28.8. The third-order valence-electron chi connectivity index (χ3n) is 6.47. The first-order valence-corrected chi connectivity index (χ1v) is 15.9. The third kappa shape index (κ3) is 8.30. The lowest BCUT2D eigenvalue weighted by Gasteiger charge is -2.32. The number of unbranched alkanes of at least 4 members (excludes halogenated alkanes) is 1. The molecule has 0 aliphatic heterocycles. The van der Waals surface area contributed by atoms with Gasteiger partial charge in [0.25, 0.3) is 10.0 Å². The zero-order chi connectivity index (χ0) is 30.3. The predicted molar refractivity (Wildman–Crippen MR) is 167 cm³/mol. The number of carbonyl (C=O) groups is 2. The Bertz CT molecular complexity index is 1480. The van der Waals surface area contributed by atoms with E-state index in [0.717, 1.165) is 22.7 Å². The zero-order valence-electron chi connectivity index (χ0n) is 22.8. The number of hydrogen-bond acceptors (Lipinski definition) is 4. The zero-order valence-corrected chi connectivity index (χ0v) is 26.7. The third-order valence-corrected chi connectivity index (χ3v) is 9.70. The van der Waals surface area contributed by atoms with E-state index >= 15 is 0 Å². The Labute approximate surface area is 261 Å². The van der Waals surface area contributed by atoms with Gasteiger partial charge in [-0.05, 0) is 62.7 Å². The molecule has 0 aromatic heterocycles. The van der Waals surface area contributed by atoms with Gasteiger partial charge in [-0.2, -0.15) is 0 Å². The van der Waals surface area contributed by atoms with Gasteiger partial charge in [0.1, 0.15) is 12.6 Å². The standard InChI is InChI=1S/C29H31Cl4N3O4S/c1-4-5-15-34-29(38)20(3)35(17-23-24(30)7-6-8-25(23)31)28(37)18-36(21-11-14-26(32)27(33)16-21)41(39,40)22-12-9-19(2)10-13-22/h6-14,16,20H,4-5,15,17-18H2,1-3H3,(H,34,38). The first-order chi connectivity index (χ1) is 19.4. The van der Waals surface area contributed by atoms with Crippen molar-refractivity contribution in [3.8, 4) is 0 Å². The van der Waals surface area contributed by atoms with Crippen molar-refractivity contribution in [2.24, 2.45) is 0 Å².